The number of rotatable bonds is 5. The number of amides is 1. The molecular formula is C24H25ClN2O4. The fourth-order valence-corrected chi connectivity index (χ4v) is 4.41. The maximum absolute atomic E-state index is 13.4. The molecule has 1 amide bonds. The van der Waals surface area contributed by atoms with Gasteiger partial charge >= 0.3 is 0 Å². The van der Waals surface area contributed by atoms with Crippen molar-refractivity contribution in [1.29, 1.82) is 0 Å². The van der Waals surface area contributed by atoms with Gasteiger partial charge in [-0.05, 0) is 24.1 Å². The number of nitrogens with one attached hydrogen (secondary N) is 1. The molecular weight excluding hydrogens is 416 g/mol. The van der Waals surface area contributed by atoms with E-state index in [1.54, 1.807) is 36.4 Å². The Kier molecular flexibility index (Phi) is 6.41. The molecule has 1 atom stereocenters. The molecule has 2 aliphatic rings. The lowest BCUT2D eigenvalue weighted by atomic mass is 9.95. The first-order chi connectivity index (χ1) is 15.0. The number of carbonyl (C=O) groups excluding carboxylic acids is 2. The van der Waals surface area contributed by atoms with E-state index in [1.165, 1.54) is 9.80 Å². The number of likely N-dealkylation sites (tertiary alicyclic amines) is 1. The summed E-state index contributed by atoms with van der Waals surface area (Å²) >= 11 is 6.46. The average molecular weight is 441 g/mol. The topological polar surface area (TPSA) is 74.1 Å². The number of ether oxygens (including phenoxy) is 1. The van der Waals surface area contributed by atoms with E-state index in [0.29, 0.717) is 42.5 Å². The maximum Gasteiger partial charge on any atom is 0.295 e. The molecule has 2 aliphatic heterocycles. The summed E-state index contributed by atoms with van der Waals surface area (Å²) in [7, 11) is 0. The molecule has 6 nitrogen and oxygen atoms in total. The molecule has 0 spiro atoms. The predicted molar refractivity (Wildman–Crippen MR) is 115 cm³/mol. The van der Waals surface area contributed by atoms with E-state index in [0.717, 1.165) is 18.7 Å². The summed E-state index contributed by atoms with van der Waals surface area (Å²) in [6, 6.07) is 13.3. The fourth-order valence-electron chi connectivity index (χ4n) is 4.17. The number of nitrogens with zero attached hydrogens (tertiary/aromatic N) is 1. The second kappa shape index (κ2) is 9.22. The molecule has 2 aromatic carbocycles. The van der Waals surface area contributed by atoms with Gasteiger partial charge in [-0.25, -0.2) is 0 Å². The van der Waals surface area contributed by atoms with Gasteiger partial charge in [0.15, 0.2) is 0 Å². The number of carbonyl (C=O) groups is 2. The number of ketones is 1. The van der Waals surface area contributed by atoms with Crippen molar-refractivity contribution in [2.24, 2.45) is 0 Å². The Balaban J connectivity index is 1.75. The van der Waals surface area contributed by atoms with Crippen molar-refractivity contribution >= 4 is 29.1 Å². The van der Waals surface area contributed by atoms with Gasteiger partial charge in [0.2, 0.25) is 5.78 Å². The van der Waals surface area contributed by atoms with Crippen LogP contribution in [0.2, 0.25) is 5.02 Å². The number of hydrogen-bond acceptors (Lipinski definition) is 4. The van der Waals surface area contributed by atoms with Gasteiger partial charge in [-0.2, -0.15) is 0 Å². The van der Waals surface area contributed by atoms with Crippen LogP contribution in [0.4, 0.5) is 0 Å². The smallest absolute Gasteiger partial charge is 0.295 e. The lowest BCUT2D eigenvalue weighted by Gasteiger charge is -2.30. The number of quaternary nitrogens is 1. The number of Topliss-reactive ketones (excluding diaryl/α,β-unsaturated/α-hetero) is 1. The summed E-state index contributed by atoms with van der Waals surface area (Å²) in [6.45, 7) is 6.03. The summed E-state index contributed by atoms with van der Waals surface area (Å²) in [5.41, 5.74) is 1.96. The molecule has 0 bridgehead atoms. The Labute approximate surface area is 186 Å². The van der Waals surface area contributed by atoms with E-state index in [2.05, 4.69) is 0 Å². The average Bonchev–Trinajstić information content (AvgIpc) is 3.03. The first kappa shape index (κ1) is 21.6. The van der Waals surface area contributed by atoms with Crippen LogP contribution >= 0.6 is 11.6 Å². The highest BCUT2D eigenvalue weighted by molar-refractivity contribution is 6.46. The number of hydrogen-bond donors (Lipinski definition) is 1. The zero-order valence-electron chi connectivity index (χ0n) is 17.4. The largest absolute Gasteiger partial charge is 0.872 e. The molecule has 0 aromatic heterocycles. The highest BCUT2D eigenvalue weighted by atomic mass is 35.5. The first-order valence-electron chi connectivity index (χ1n) is 10.5. The second-order valence-corrected chi connectivity index (χ2v) is 8.38. The summed E-state index contributed by atoms with van der Waals surface area (Å²) < 4.78 is 5.40. The molecule has 0 aliphatic carbocycles. The molecule has 2 heterocycles. The van der Waals surface area contributed by atoms with Gasteiger partial charge in [0.25, 0.3) is 5.91 Å². The minimum absolute atomic E-state index is 0.0288. The van der Waals surface area contributed by atoms with E-state index in [9.17, 15) is 14.7 Å². The van der Waals surface area contributed by atoms with Gasteiger partial charge in [0.05, 0.1) is 32.3 Å². The van der Waals surface area contributed by atoms with E-state index in [1.807, 2.05) is 19.1 Å². The van der Waals surface area contributed by atoms with E-state index >= 15 is 0 Å². The van der Waals surface area contributed by atoms with Crippen molar-refractivity contribution < 1.29 is 24.3 Å². The van der Waals surface area contributed by atoms with Crippen LogP contribution in [0.5, 0.6) is 0 Å². The maximum atomic E-state index is 13.4. The van der Waals surface area contributed by atoms with Crippen LogP contribution in [-0.2, 0) is 14.3 Å². The van der Waals surface area contributed by atoms with Crippen LogP contribution in [0, 0.1) is 6.92 Å². The highest BCUT2D eigenvalue weighted by Crippen LogP contribution is 2.40. The first-order valence-corrected chi connectivity index (χ1v) is 10.8. The third kappa shape index (κ3) is 4.37. The minimum atomic E-state index is -0.789. The lowest BCUT2D eigenvalue weighted by molar-refractivity contribution is -0.907. The van der Waals surface area contributed by atoms with Crippen molar-refractivity contribution in [2.75, 3.05) is 39.4 Å². The Morgan fingerprint density at radius 2 is 1.81 bits per heavy atom. The molecule has 7 heteroatoms. The van der Waals surface area contributed by atoms with Gasteiger partial charge in [-0.3, -0.25) is 9.59 Å². The lowest BCUT2D eigenvalue weighted by Crippen LogP contribution is -3.14. The van der Waals surface area contributed by atoms with E-state index < -0.39 is 23.5 Å². The fraction of sp³-hybridized carbons (Fsp3) is 0.333. The second-order valence-electron chi connectivity index (χ2n) is 7.97. The normalized spacial score (nSPS) is 21.6. The van der Waals surface area contributed by atoms with Crippen LogP contribution in [0.15, 0.2) is 54.1 Å². The Hall–Kier alpha value is -2.67. The van der Waals surface area contributed by atoms with Gasteiger partial charge in [0, 0.05) is 10.6 Å². The molecule has 31 heavy (non-hydrogen) atoms. The van der Waals surface area contributed by atoms with Crippen molar-refractivity contribution in [3.8, 4) is 0 Å². The van der Waals surface area contributed by atoms with Gasteiger partial charge in [-0.1, -0.05) is 65.4 Å². The summed E-state index contributed by atoms with van der Waals surface area (Å²) in [5.74, 6) is -1.81. The predicted octanol–water partition coefficient (Wildman–Crippen LogP) is 0.788. The van der Waals surface area contributed by atoms with Crippen LogP contribution in [0.25, 0.3) is 5.76 Å². The monoisotopic (exact) mass is 440 g/mol. The zero-order valence-corrected chi connectivity index (χ0v) is 18.2. The van der Waals surface area contributed by atoms with Crippen molar-refractivity contribution in [3.05, 3.63) is 75.8 Å². The molecule has 2 aromatic rings. The molecule has 162 valence electrons. The van der Waals surface area contributed by atoms with Crippen LogP contribution < -0.4 is 10.0 Å². The van der Waals surface area contributed by atoms with Crippen molar-refractivity contribution in [2.45, 2.75) is 13.0 Å². The summed E-state index contributed by atoms with van der Waals surface area (Å²) in [6.07, 6.45) is 0. The molecule has 2 saturated heterocycles. The van der Waals surface area contributed by atoms with Crippen molar-refractivity contribution in [3.63, 3.8) is 0 Å². The summed E-state index contributed by atoms with van der Waals surface area (Å²) in [4.78, 5) is 28.8. The zero-order chi connectivity index (χ0) is 22.0. The standard InChI is InChI=1S/C24H25ClN2O4/c1-16-6-8-17(9-7-16)22(28)20-21(18-4-2-3-5-19(18)25)27(24(30)23(20)29)11-10-26-12-14-31-15-13-26/h2-9,21,28H,10-15H2,1H3. The van der Waals surface area contributed by atoms with Gasteiger partial charge in [-0.15, -0.1) is 0 Å². The number of benzene rings is 2. The molecule has 0 saturated carbocycles. The SMILES string of the molecule is Cc1ccc(C([O-])=C2C(=O)C(=O)N(CC[NH+]3CCOCC3)C2c2ccccc2Cl)cc1. The van der Waals surface area contributed by atoms with Gasteiger partial charge < -0.3 is 19.6 Å². The third-order valence-corrected chi connectivity index (χ3v) is 6.29. The Morgan fingerprint density at radius 1 is 1.13 bits per heavy atom. The molecule has 2 fully saturated rings. The third-order valence-electron chi connectivity index (χ3n) is 5.95. The quantitative estimate of drug-likeness (QED) is 0.424. The van der Waals surface area contributed by atoms with Crippen LogP contribution in [0.1, 0.15) is 22.7 Å². The minimum Gasteiger partial charge on any atom is -0.872 e. The molecule has 1 N–H and O–H groups in total. The van der Waals surface area contributed by atoms with Gasteiger partial charge in [0.1, 0.15) is 13.1 Å². The molecule has 4 rings (SSSR count). The number of halogens is 1. The van der Waals surface area contributed by atoms with E-state index in [4.69, 9.17) is 16.3 Å². The Morgan fingerprint density at radius 3 is 2.48 bits per heavy atom. The number of morpholine rings is 1. The Bertz CT molecular complexity index is 1010. The van der Waals surface area contributed by atoms with Crippen LogP contribution in [0.3, 0.4) is 0 Å². The van der Waals surface area contributed by atoms with E-state index in [-0.39, 0.29) is 5.57 Å². The summed E-state index contributed by atoms with van der Waals surface area (Å²) in [5, 5.41) is 13.8. The highest BCUT2D eigenvalue weighted by Gasteiger charge is 2.45. The molecule has 1 unspecified atom stereocenters. The van der Waals surface area contributed by atoms with Crippen LogP contribution in [-0.4, -0.2) is 56.0 Å². The number of aryl methyl sites for hydroxylation is 1. The molecule has 0 radical (unpaired) electrons. The van der Waals surface area contributed by atoms with Crippen molar-refractivity contribution in [1.82, 2.24) is 4.90 Å².